The van der Waals surface area contributed by atoms with E-state index in [0.717, 1.165) is 5.56 Å². The van der Waals surface area contributed by atoms with Crippen molar-refractivity contribution < 1.29 is 4.74 Å². The van der Waals surface area contributed by atoms with Crippen LogP contribution in [0.15, 0.2) is 36.7 Å². The fraction of sp³-hybridized carbons (Fsp3) is 0.167. The maximum absolute atomic E-state index is 6.10. The van der Waals surface area contributed by atoms with Crippen LogP contribution in [0.1, 0.15) is 17.4 Å². The first-order valence-corrected chi connectivity index (χ1v) is 5.46. The third-order valence-electron chi connectivity index (χ3n) is 2.39. The molecule has 1 atom stereocenters. The molecule has 0 aliphatic heterocycles. The molecule has 0 saturated carbocycles. The molecule has 0 aliphatic carbocycles. The molecule has 17 heavy (non-hydrogen) atoms. The molecule has 1 aromatic carbocycles. The van der Waals surface area contributed by atoms with Crippen molar-refractivity contribution in [1.29, 1.82) is 0 Å². The molecule has 0 fully saturated rings. The van der Waals surface area contributed by atoms with Gasteiger partial charge in [-0.05, 0) is 24.3 Å². The summed E-state index contributed by atoms with van der Waals surface area (Å²) < 4.78 is 5.25. The molecule has 0 amide bonds. The average molecular weight is 250 g/mol. The Kier molecular flexibility index (Phi) is 3.56. The summed E-state index contributed by atoms with van der Waals surface area (Å²) in [5, 5.41) is 0.604. The van der Waals surface area contributed by atoms with E-state index in [1.807, 2.05) is 0 Å². The Labute approximate surface area is 104 Å². The highest BCUT2D eigenvalue weighted by atomic mass is 35.5. The van der Waals surface area contributed by atoms with Crippen LogP contribution in [0, 0.1) is 0 Å². The second kappa shape index (κ2) is 5.12. The molecule has 2 N–H and O–H groups in total. The quantitative estimate of drug-likeness (QED) is 0.906. The normalized spacial score (nSPS) is 12.2. The van der Waals surface area contributed by atoms with E-state index in [2.05, 4.69) is 9.97 Å². The summed E-state index contributed by atoms with van der Waals surface area (Å²) in [7, 11) is 1.59. The average Bonchev–Trinajstić information content (AvgIpc) is 2.39. The van der Waals surface area contributed by atoms with Gasteiger partial charge in [-0.3, -0.25) is 0 Å². The van der Waals surface area contributed by atoms with Crippen LogP contribution in [0.5, 0.6) is 5.75 Å². The zero-order valence-corrected chi connectivity index (χ0v) is 10.1. The molecule has 2 aromatic rings. The van der Waals surface area contributed by atoms with Gasteiger partial charge in [-0.15, -0.1) is 0 Å². The number of halogens is 1. The number of aromatic nitrogens is 2. The highest BCUT2D eigenvalue weighted by Crippen LogP contribution is 2.29. The summed E-state index contributed by atoms with van der Waals surface area (Å²) in [6.07, 6.45) is 3.30. The topological polar surface area (TPSA) is 61.0 Å². The second-order valence-electron chi connectivity index (χ2n) is 3.47. The van der Waals surface area contributed by atoms with E-state index in [0.29, 0.717) is 16.6 Å². The minimum atomic E-state index is -0.454. The first-order valence-electron chi connectivity index (χ1n) is 5.08. The lowest BCUT2D eigenvalue weighted by Crippen LogP contribution is -2.16. The predicted molar refractivity (Wildman–Crippen MR) is 66.1 cm³/mol. The molecular formula is C12H12ClN3O. The summed E-state index contributed by atoms with van der Waals surface area (Å²) in [5.41, 5.74) is 6.87. The number of hydrogen-bond acceptors (Lipinski definition) is 4. The zero-order chi connectivity index (χ0) is 12.3. The van der Waals surface area contributed by atoms with E-state index in [1.165, 1.54) is 0 Å². The van der Waals surface area contributed by atoms with Crippen LogP contribution in [-0.2, 0) is 0 Å². The number of nitrogens with two attached hydrogens (primary N) is 1. The van der Waals surface area contributed by atoms with Crippen LogP contribution in [0.25, 0.3) is 0 Å². The van der Waals surface area contributed by atoms with Crippen LogP contribution in [-0.4, -0.2) is 17.1 Å². The van der Waals surface area contributed by atoms with Crippen molar-refractivity contribution in [2.45, 2.75) is 6.04 Å². The Morgan fingerprint density at radius 2 is 2.00 bits per heavy atom. The van der Waals surface area contributed by atoms with Gasteiger partial charge >= 0.3 is 0 Å². The minimum Gasteiger partial charge on any atom is -0.496 e. The van der Waals surface area contributed by atoms with Crippen LogP contribution in [0.2, 0.25) is 5.02 Å². The van der Waals surface area contributed by atoms with Crippen molar-refractivity contribution in [2.24, 2.45) is 5.73 Å². The van der Waals surface area contributed by atoms with Crippen LogP contribution < -0.4 is 10.5 Å². The molecule has 4 nitrogen and oxygen atoms in total. The van der Waals surface area contributed by atoms with Crippen LogP contribution in [0.3, 0.4) is 0 Å². The lowest BCUT2D eigenvalue weighted by Gasteiger charge is -2.14. The SMILES string of the molecule is COc1ccc(Cl)cc1C(N)c1ncccn1. The van der Waals surface area contributed by atoms with Crippen molar-refractivity contribution in [3.63, 3.8) is 0 Å². The van der Waals surface area contributed by atoms with Gasteiger partial charge in [-0.25, -0.2) is 9.97 Å². The number of rotatable bonds is 3. The number of methoxy groups -OCH3 is 1. The van der Waals surface area contributed by atoms with Gasteiger partial charge < -0.3 is 10.5 Å². The molecule has 0 radical (unpaired) electrons. The highest BCUT2D eigenvalue weighted by molar-refractivity contribution is 6.30. The Bertz CT molecular complexity index is 504. The third kappa shape index (κ3) is 2.54. The molecule has 5 heteroatoms. The molecule has 0 bridgehead atoms. The maximum Gasteiger partial charge on any atom is 0.149 e. The number of benzene rings is 1. The van der Waals surface area contributed by atoms with Gasteiger partial charge in [0.05, 0.1) is 13.2 Å². The van der Waals surface area contributed by atoms with E-state index in [1.54, 1.807) is 43.8 Å². The Hall–Kier alpha value is -1.65. The first-order chi connectivity index (χ1) is 8.22. The molecule has 0 aliphatic rings. The molecule has 2 rings (SSSR count). The smallest absolute Gasteiger partial charge is 0.149 e. The van der Waals surface area contributed by atoms with Crippen molar-refractivity contribution in [3.05, 3.63) is 53.1 Å². The largest absolute Gasteiger partial charge is 0.496 e. The Morgan fingerprint density at radius 1 is 1.29 bits per heavy atom. The van der Waals surface area contributed by atoms with E-state index in [9.17, 15) is 0 Å². The van der Waals surface area contributed by atoms with Gasteiger partial charge in [0, 0.05) is 23.0 Å². The summed E-state index contributed by atoms with van der Waals surface area (Å²) in [6, 6.07) is 6.58. The van der Waals surface area contributed by atoms with Gasteiger partial charge in [0.1, 0.15) is 11.6 Å². The lowest BCUT2D eigenvalue weighted by molar-refractivity contribution is 0.407. The second-order valence-corrected chi connectivity index (χ2v) is 3.91. The molecule has 0 spiro atoms. The van der Waals surface area contributed by atoms with E-state index < -0.39 is 6.04 Å². The van der Waals surface area contributed by atoms with Crippen LogP contribution in [0.4, 0.5) is 0 Å². The minimum absolute atomic E-state index is 0.454. The monoisotopic (exact) mass is 249 g/mol. The van der Waals surface area contributed by atoms with E-state index >= 15 is 0 Å². The van der Waals surface area contributed by atoms with Crippen molar-refractivity contribution in [3.8, 4) is 5.75 Å². The van der Waals surface area contributed by atoms with Gasteiger partial charge in [0.25, 0.3) is 0 Å². The van der Waals surface area contributed by atoms with Gasteiger partial charge in [0.2, 0.25) is 0 Å². The highest BCUT2D eigenvalue weighted by Gasteiger charge is 2.16. The van der Waals surface area contributed by atoms with Crippen LogP contribution >= 0.6 is 11.6 Å². The number of ether oxygens (including phenoxy) is 1. The van der Waals surface area contributed by atoms with Gasteiger partial charge in [-0.2, -0.15) is 0 Å². The summed E-state index contributed by atoms with van der Waals surface area (Å²) in [4.78, 5) is 8.25. The molecule has 88 valence electrons. The molecule has 0 saturated heterocycles. The predicted octanol–water partition coefficient (Wildman–Crippen LogP) is 2.19. The number of hydrogen-bond donors (Lipinski definition) is 1. The number of nitrogens with zero attached hydrogens (tertiary/aromatic N) is 2. The molecule has 1 aromatic heterocycles. The van der Waals surface area contributed by atoms with Gasteiger partial charge in [0.15, 0.2) is 0 Å². The summed E-state index contributed by atoms with van der Waals surface area (Å²) in [5.74, 6) is 1.21. The Morgan fingerprint density at radius 3 is 2.65 bits per heavy atom. The summed E-state index contributed by atoms with van der Waals surface area (Å²) >= 11 is 5.95. The van der Waals surface area contributed by atoms with Crippen molar-refractivity contribution >= 4 is 11.6 Å². The zero-order valence-electron chi connectivity index (χ0n) is 9.30. The maximum atomic E-state index is 6.10. The molecule has 1 heterocycles. The van der Waals surface area contributed by atoms with Crippen molar-refractivity contribution in [2.75, 3.05) is 7.11 Å². The first kappa shape index (κ1) is 11.8. The lowest BCUT2D eigenvalue weighted by atomic mass is 10.1. The van der Waals surface area contributed by atoms with Gasteiger partial charge in [-0.1, -0.05) is 11.6 Å². The fourth-order valence-electron chi connectivity index (χ4n) is 1.56. The molecular weight excluding hydrogens is 238 g/mol. The fourth-order valence-corrected chi connectivity index (χ4v) is 1.74. The Balaban J connectivity index is 2.43. The van der Waals surface area contributed by atoms with Crippen molar-refractivity contribution in [1.82, 2.24) is 9.97 Å². The third-order valence-corrected chi connectivity index (χ3v) is 2.63. The van der Waals surface area contributed by atoms with E-state index in [4.69, 9.17) is 22.1 Å². The van der Waals surface area contributed by atoms with E-state index in [-0.39, 0.29) is 0 Å². The summed E-state index contributed by atoms with van der Waals surface area (Å²) in [6.45, 7) is 0. The molecule has 1 unspecified atom stereocenters. The standard InChI is InChI=1S/C12H12ClN3O/c1-17-10-4-3-8(13)7-9(10)11(14)12-15-5-2-6-16-12/h2-7,11H,14H2,1H3.